The van der Waals surface area contributed by atoms with Crippen LogP contribution in [-0.2, 0) is 23.8 Å². The quantitative estimate of drug-likeness (QED) is 0.648. The fourth-order valence-electron chi connectivity index (χ4n) is 2.64. The van der Waals surface area contributed by atoms with Gasteiger partial charge in [0.25, 0.3) is 5.91 Å². The molecule has 1 fully saturated rings. The van der Waals surface area contributed by atoms with E-state index in [1.165, 1.54) is 12.1 Å². The molecule has 0 spiro atoms. The van der Waals surface area contributed by atoms with Gasteiger partial charge in [0.15, 0.2) is 12.7 Å². The van der Waals surface area contributed by atoms with Gasteiger partial charge in [-0.15, -0.1) is 0 Å². The van der Waals surface area contributed by atoms with Gasteiger partial charge in [-0.2, -0.15) is 0 Å². The van der Waals surface area contributed by atoms with E-state index < -0.39 is 12.1 Å². The Morgan fingerprint density at radius 2 is 1.96 bits per heavy atom. The van der Waals surface area contributed by atoms with E-state index in [9.17, 15) is 14.0 Å². The van der Waals surface area contributed by atoms with Gasteiger partial charge in [-0.3, -0.25) is 4.79 Å². The number of benzene rings is 1. The van der Waals surface area contributed by atoms with Crippen LogP contribution < -0.4 is 0 Å². The average molecular weight is 381 g/mol. The predicted molar refractivity (Wildman–Crippen MR) is 97.5 cm³/mol. The van der Waals surface area contributed by atoms with Gasteiger partial charge in [0.1, 0.15) is 11.9 Å². The first-order chi connectivity index (χ1) is 12.9. The number of esters is 1. The molecule has 27 heavy (non-hydrogen) atoms. The van der Waals surface area contributed by atoms with Crippen molar-refractivity contribution in [2.45, 2.75) is 39.4 Å². The van der Waals surface area contributed by atoms with E-state index in [0.717, 1.165) is 12.0 Å². The lowest BCUT2D eigenvalue weighted by atomic mass is 10.1. The predicted octanol–water partition coefficient (Wildman–Crippen LogP) is 2.72. The van der Waals surface area contributed by atoms with Gasteiger partial charge in [-0.05, 0) is 37.0 Å². The molecule has 1 aliphatic rings. The Morgan fingerprint density at radius 3 is 2.63 bits per heavy atom. The summed E-state index contributed by atoms with van der Waals surface area (Å²) in [5.74, 6) is -0.659. The number of morpholine rings is 1. The van der Waals surface area contributed by atoms with Crippen LogP contribution in [0.3, 0.4) is 0 Å². The molecule has 0 saturated carbocycles. The fraction of sp³-hybridized carbons (Fsp3) is 0.600. The summed E-state index contributed by atoms with van der Waals surface area (Å²) < 4.78 is 29.2. The number of ether oxygens (including phenoxy) is 3. The zero-order valence-corrected chi connectivity index (χ0v) is 16.2. The van der Waals surface area contributed by atoms with Crippen LogP contribution in [0.4, 0.5) is 4.39 Å². The summed E-state index contributed by atoms with van der Waals surface area (Å²) in [7, 11) is 0. The van der Waals surface area contributed by atoms with Gasteiger partial charge >= 0.3 is 5.97 Å². The Balaban J connectivity index is 1.77. The highest BCUT2D eigenvalue weighted by Crippen LogP contribution is 2.22. The van der Waals surface area contributed by atoms with E-state index in [1.807, 2.05) is 0 Å². The number of hydrogen-bond donors (Lipinski definition) is 0. The smallest absolute Gasteiger partial charge is 0.335 e. The molecule has 7 heteroatoms. The van der Waals surface area contributed by atoms with Crippen LogP contribution in [0.5, 0.6) is 0 Å². The molecule has 6 nitrogen and oxygen atoms in total. The molecule has 1 aliphatic heterocycles. The Morgan fingerprint density at radius 1 is 1.26 bits per heavy atom. The van der Waals surface area contributed by atoms with E-state index in [0.29, 0.717) is 32.2 Å². The van der Waals surface area contributed by atoms with Crippen LogP contribution in [0.15, 0.2) is 24.3 Å². The molecule has 0 aromatic heterocycles. The summed E-state index contributed by atoms with van der Waals surface area (Å²) >= 11 is 0. The van der Waals surface area contributed by atoms with Crippen molar-refractivity contribution in [3.63, 3.8) is 0 Å². The second kappa shape index (κ2) is 10.4. The Hall–Kier alpha value is -1.99. The molecule has 1 saturated heterocycles. The molecular formula is C20H28FNO5. The molecule has 1 aromatic rings. The second-order valence-electron chi connectivity index (χ2n) is 7.05. The maximum absolute atomic E-state index is 13.1. The number of nitrogens with zero attached hydrogens (tertiary/aromatic N) is 1. The maximum Gasteiger partial charge on any atom is 0.335 e. The molecule has 2 rings (SSSR count). The average Bonchev–Trinajstić information content (AvgIpc) is 2.66. The number of hydrogen-bond acceptors (Lipinski definition) is 5. The van der Waals surface area contributed by atoms with Crippen LogP contribution in [0, 0.1) is 11.7 Å². The van der Waals surface area contributed by atoms with E-state index in [2.05, 4.69) is 13.8 Å². The molecular weight excluding hydrogens is 353 g/mol. The molecule has 0 N–H and O–H groups in total. The molecule has 1 amide bonds. The zero-order valence-electron chi connectivity index (χ0n) is 16.2. The molecule has 0 radical (unpaired) electrons. The number of amides is 1. The highest BCUT2D eigenvalue weighted by molar-refractivity contribution is 5.82. The van der Waals surface area contributed by atoms with Crippen LogP contribution in [0.1, 0.15) is 38.9 Å². The molecule has 1 heterocycles. The number of halogens is 1. The second-order valence-corrected chi connectivity index (χ2v) is 7.05. The topological polar surface area (TPSA) is 65.1 Å². The minimum absolute atomic E-state index is 0.284. The Kier molecular flexibility index (Phi) is 8.19. The van der Waals surface area contributed by atoms with Gasteiger partial charge in [0, 0.05) is 13.2 Å². The minimum Gasteiger partial charge on any atom is -0.454 e. The molecule has 2 unspecified atom stereocenters. The lowest BCUT2D eigenvalue weighted by molar-refractivity contribution is -0.163. The van der Waals surface area contributed by atoms with E-state index in [-0.39, 0.29) is 24.4 Å². The maximum atomic E-state index is 13.1. The van der Waals surface area contributed by atoms with Crippen LogP contribution in [0.25, 0.3) is 0 Å². The molecule has 1 aromatic carbocycles. The fourth-order valence-corrected chi connectivity index (χ4v) is 2.64. The van der Waals surface area contributed by atoms with Crippen molar-refractivity contribution in [2.75, 3.05) is 32.9 Å². The minimum atomic E-state index is -0.701. The first-order valence-corrected chi connectivity index (χ1v) is 9.30. The van der Waals surface area contributed by atoms with Crippen molar-refractivity contribution in [3.05, 3.63) is 35.6 Å². The summed E-state index contributed by atoms with van der Waals surface area (Å²) in [6.45, 7) is 7.05. The largest absolute Gasteiger partial charge is 0.454 e. The van der Waals surface area contributed by atoms with Gasteiger partial charge in [0.05, 0.1) is 13.2 Å². The molecule has 0 bridgehead atoms. The summed E-state index contributed by atoms with van der Waals surface area (Å²) in [6.07, 6.45) is -0.166. The lowest BCUT2D eigenvalue weighted by Gasteiger charge is -2.33. The highest BCUT2D eigenvalue weighted by atomic mass is 19.1. The van der Waals surface area contributed by atoms with Crippen molar-refractivity contribution in [1.29, 1.82) is 0 Å². The van der Waals surface area contributed by atoms with Crippen molar-refractivity contribution in [1.82, 2.24) is 4.90 Å². The number of carbonyl (C=O) groups is 2. The van der Waals surface area contributed by atoms with Crippen molar-refractivity contribution in [2.24, 2.45) is 5.92 Å². The van der Waals surface area contributed by atoms with Crippen molar-refractivity contribution in [3.8, 4) is 0 Å². The van der Waals surface area contributed by atoms with Crippen LogP contribution >= 0.6 is 0 Å². The Bertz CT molecular complexity index is 619. The van der Waals surface area contributed by atoms with Crippen LogP contribution in [0.2, 0.25) is 0 Å². The molecule has 0 aliphatic carbocycles. The molecule has 2 atom stereocenters. The summed E-state index contributed by atoms with van der Waals surface area (Å²) in [6, 6.07) is 6.01. The van der Waals surface area contributed by atoms with Gasteiger partial charge in [0.2, 0.25) is 0 Å². The molecule has 150 valence electrons. The lowest BCUT2D eigenvalue weighted by Crippen LogP contribution is -2.44. The third-order valence-electron chi connectivity index (χ3n) is 4.39. The standard InChI is InChI=1S/C20H28FNO5/c1-14(2)8-10-25-15(3)20(24)27-13-19(23)22-9-11-26-18(12-22)16-4-6-17(21)7-5-16/h4-7,14-15,18H,8-13H2,1-3H3. The van der Waals surface area contributed by atoms with Crippen molar-refractivity contribution >= 4 is 11.9 Å². The highest BCUT2D eigenvalue weighted by Gasteiger charge is 2.26. The van der Waals surface area contributed by atoms with Gasteiger partial charge in [-0.25, -0.2) is 9.18 Å². The van der Waals surface area contributed by atoms with Gasteiger partial charge < -0.3 is 19.1 Å². The summed E-state index contributed by atoms with van der Waals surface area (Å²) in [5, 5.41) is 0. The number of rotatable bonds is 8. The van der Waals surface area contributed by atoms with E-state index in [1.54, 1.807) is 24.0 Å². The first-order valence-electron chi connectivity index (χ1n) is 9.30. The monoisotopic (exact) mass is 381 g/mol. The van der Waals surface area contributed by atoms with Gasteiger partial charge in [-0.1, -0.05) is 26.0 Å². The Labute approximate surface area is 159 Å². The number of carbonyl (C=O) groups excluding carboxylic acids is 2. The third kappa shape index (κ3) is 6.92. The SMILES string of the molecule is CC(C)CCOC(C)C(=O)OCC(=O)N1CCOC(c2ccc(F)cc2)C1. The normalized spacial score (nSPS) is 18.4. The van der Waals surface area contributed by atoms with Crippen molar-refractivity contribution < 1.29 is 28.2 Å². The first kappa shape index (κ1) is 21.3. The van der Waals surface area contributed by atoms with Crippen LogP contribution in [-0.4, -0.2) is 55.8 Å². The van der Waals surface area contributed by atoms with E-state index >= 15 is 0 Å². The summed E-state index contributed by atoms with van der Waals surface area (Å²) in [4.78, 5) is 25.9. The summed E-state index contributed by atoms with van der Waals surface area (Å²) in [5.41, 5.74) is 0.804. The van der Waals surface area contributed by atoms with E-state index in [4.69, 9.17) is 14.2 Å². The third-order valence-corrected chi connectivity index (χ3v) is 4.39. The zero-order chi connectivity index (χ0) is 19.8.